The summed E-state index contributed by atoms with van der Waals surface area (Å²) in [5.74, 6) is 0. The molecule has 0 bridgehead atoms. The number of nitrogens with one attached hydrogen (secondary N) is 1. The molecule has 0 spiro atoms. The van der Waals surface area contributed by atoms with Crippen molar-refractivity contribution in [3.8, 4) is 0 Å². The minimum absolute atomic E-state index is 0.614. The van der Waals surface area contributed by atoms with Crippen LogP contribution in [-0.4, -0.2) is 30.6 Å². The number of halogens is 1. The summed E-state index contributed by atoms with van der Waals surface area (Å²) in [5.41, 5.74) is 0. The molecule has 1 heterocycles. The fourth-order valence-electron chi connectivity index (χ4n) is 1.84. The summed E-state index contributed by atoms with van der Waals surface area (Å²) < 4.78 is 0.875. The molecule has 0 aliphatic heterocycles. The average Bonchev–Trinajstić information content (AvgIpc) is 3.02. The minimum atomic E-state index is 0.614. The van der Waals surface area contributed by atoms with Gasteiger partial charge in [0.25, 0.3) is 0 Å². The number of likely N-dealkylation sites (N-methyl/N-ethyl adjacent to an activating group) is 1. The maximum absolute atomic E-state index is 5.88. The largest absolute Gasteiger partial charge is 0.310 e. The van der Waals surface area contributed by atoms with Crippen LogP contribution in [0.1, 0.15) is 24.6 Å². The molecule has 1 unspecified atom stereocenters. The van der Waals surface area contributed by atoms with Gasteiger partial charge in [0.1, 0.15) is 0 Å². The van der Waals surface area contributed by atoms with Crippen LogP contribution in [0, 0.1) is 0 Å². The van der Waals surface area contributed by atoms with Gasteiger partial charge in [0.15, 0.2) is 0 Å². The van der Waals surface area contributed by atoms with E-state index in [-0.39, 0.29) is 0 Å². The van der Waals surface area contributed by atoms with E-state index in [4.69, 9.17) is 11.6 Å². The zero-order chi connectivity index (χ0) is 11.5. The van der Waals surface area contributed by atoms with E-state index in [1.165, 1.54) is 17.7 Å². The molecule has 1 fully saturated rings. The van der Waals surface area contributed by atoms with E-state index in [9.17, 15) is 0 Å². The topological polar surface area (TPSA) is 15.3 Å². The van der Waals surface area contributed by atoms with E-state index in [0.717, 1.165) is 23.5 Å². The van der Waals surface area contributed by atoms with Crippen molar-refractivity contribution in [2.45, 2.75) is 38.4 Å². The molecule has 1 saturated carbocycles. The third-order valence-electron chi connectivity index (χ3n) is 3.19. The molecule has 2 nitrogen and oxygen atoms in total. The molecule has 0 amide bonds. The SMILES string of the molecule is CC(CNCc1ccc(Cl)s1)N(C)C1CC1. The van der Waals surface area contributed by atoms with Crippen LogP contribution in [0.4, 0.5) is 0 Å². The van der Waals surface area contributed by atoms with E-state index in [1.54, 1.807) is 11.3 Å². The maximum atomic E-state index is 5.88. The summed E-state index contributed by atoms with van der Waals surface area (Å²) in [6.07, 6.45) is 2.75. The molecule has 90 valence electrons. The summed E-state index contributed by atoms with van der Waals surface area (Å²) in [5, 5.41) is 3.49. The average molecular weight is 259 g/mol. The summed E-state index contributed by atoms with van der Waals surface area (Å²) in [6.45, 7) is 4.26. The van der Waals surface area contributed by atoms with E-state index < -0.39 is 0 Å². The molecule has 1 aliphatic carbocycles. The first-order valence-corrected chi connectivity index (χ1v) is 7.03. The Kier molecular flexibility index (Phi) is 4.25. The third-order valence-corrected chi connectivity index (χ3v) is 4.42. The monoisotopic (exact) mass is 258 g/mol. The molecule has 0 radical (unpaired) electrons. The van der Waals surface area contributed by atoms with Gasteiger partial charge in [0, 0.05) is 30.1 Å². The van der Waals surface area contributed by atoms with Crippen LogP contribution in [-0.2, 0) is 6.54 Å². The van der Waals surface area contributed by atoms with Crippen molar-refractivity contribution < 1.29 is 0 Å². The lowest BCUT2D eigenvalue weighted by atomic mass is 10.3. The van der Waals surface area contributed by atoms with Crippen LogP contribution in [0.25, 0.3) is 0 Å². The van der Waals surface area contributed by atoms with Gasteiger partial charge in [-0.05, 0) is 38.9 Å². The van der Waals surface area contributed by atoms with E-state index >= 15 is 0 Å². The first-order chi connectivity index (χ1) is 7.66. The van der Waals surface area contributed by atoms with Crippen molar-refractivity contribution in [1.29, 1.82) is 0 Å². The lowest BCUT2D eigenvalue weighted by Crippen LogP contribution is -2.38. The first-order valence-electron chi connectivity index (χ1n) is 5.83. The Labute approximate surface area is 107 Å². The first kappa shape index (κ1) is 12.4. The molecule has 0 saturated heterocycles. The predicted molar refractivity (Wildman–Crippen MR) is 71.3 cm³/mol. The highest BCUT2D eigenvalue weighted by Gasteiger charge is 2.28. The van der Waals surface area contributed by atoms with Crippen molar-refractivity contribution in [3.63, 3.8) is 0 Å². The molecule has 0 aromatic carbocycles. The second-order valence-corrected chi connectivity index (χ2v) is 6.38. The normalized spacial score (nSPS) is 18.0. The van der Waals surface area contributed by atoms with Gasteiger partial charge in [0.05, 0.1) is 4.34 Å². The van der Waals surface area contributed by atoms with Crippen molar-refractivity contribution in [2.24, 2.45) is 0 Å². The minimum Gasteiger partial charge on any atom is -0.310 e. The molecule has 4 heteroatoms. The standard InChI is InChI=1S/C12H19ClN2S/c1-9(15(2)10-3-4-10)7-14-8-11-5-6-12(13)16-11/h5-6,9-10,14H,3-4,7-8H2,1-2H3. The molecule has 2 rings (SSSR count). The number of rotatable bonds is 6. The molecule has 1 aliphatic rings. The second kappa shape index (κ2) is 5.50. The quantitative estimate of drug-likeness (QED) is 0.844. The molecule has 1 atom stereocenters. The van der Waals surface area contributed by atoms with Gasteiger partial charge in [-0.3, -0.25) is 4.90 Å². The van der Waals surface area contributed by atoms with E-state index in [0.29, 0.717) is 6.04 Å². The van der Waals surface area contributed by atoms with Crippen LogP contribution in [0.3, 0.4) is 0 Å². The summed E-state index contributed by atoms with van der Waals surface area (Å²) in [6, 6.07) is 5.51. The highest BCUT2D eigenvalue weighted by molar-refractivity contribution is 7.16. The highest BCUT2D eigenvalue weighted by atomic mass is 35.5. The maximum Gasteiger partial charge on any atom is 0.0931 e. The molecule has 1 aromatic rings. The number of thiophene rings is 1. The molecule has 16 heavy (non-hydrogen) atoms. The Morgan fingerprint density at radius 3 is 2.88 bits per heavy atom. The molecular formula is C12H19ClN2S. The van der Waals surface area contributed by atoms with Gasteiger partial charge in [-0.1, -0.05) is 11.6 Å². The van der Waals surface area contributed by atoms with Crippen LogP contribution >= 0.6 is 22.9 Å². The van der Waals surface area contributed by atoms with Gasteiger partial charge in [-0.15, -0.1) is 11.3 Å². The van der Waals surface area contributed by atoms with Gasteiger partial charge in [0.2, 0.25) is 0 Å². The van der Waals surface area contributed by atoms with E-state index in [1.807, 2.05) is 6.07 Å². The molecular weight excluding hydrogens is 240 g/mol. The second-order valence-electron chi connectivity index (χ2n) is 4.58. The zero-order valence-electron chi connectivity index (χ0n) is 9.87. The summed E-state index contributed by atoms with van der Waals surface area (Å²) in [7, 11) is 2.23. The van der Waals surface area contributed by atoms with Gasteiger partial charge in [-0.25, -0.2) is 0 Å². The summed E-state index contributed by atoms with van der Waals surface area (Å²) in [4.78, 5) is 3.79. The third kappa shape index (κ3) is 3.45. The Balaban J connectivity index is 1.67. The highest BCUT2D eigenvalue weighted by Crippen LogP contribution is 2.26. The lowest BCUT2D eigenvalue weighted by Gasteiger charge is -2.24. The number of hydrogen-bond acceptors (Lipinski definition) is 3. The van der Waals surface area contributed by atoms with Crippen molar-refractivity contribution in [3.05, 3.63) is 21.3 Å². The van der Waals surface area contributed by atoms with Crippen molar-refractivity contribution >= 4 is 22.9 Å². The van der Waals surface area contributed by atoms with Gasteiger partial charge in [-0.2, -0.15) is 0 Å². The molecule has 1 aromatic heterocycles. The Hall–Kier alpha value is -0.0900. The zero-order valence-corrected chi connectivity index (χ0v) is 11.4. The smallest absolute Gasteiger partial charge is 0.0931 e. The molecule has 1 N–H and O–H groups in total. The van der Waals surface area contributed by atoms with Gasteiger partial charge < -0.3 is 5.32 Å². The Morgan fingerprint density at radius 1 is 1.56 bits per heavy atom. The number of hydrogen-bond donors (Lipinski definition) is 1. The number of nitrogens with zero attached hydrogens (tertiary/aromatic N) is 1. The predicted octanol–water partition coefficient (Wildman–Crippen LogP) is 2.97. The lowest BCUT2D eigenvalue weighted by molar-refractivity contribution is 0.241. The fourth-order valence-corrected chi connectivity index (χ4v) is 2.89. The fraction of sp³-hybridized carbons (Fsp3) is 0.667. The van der Waals surface area contributed by atoms with Crippen molar-refractivity contribution in [2.75, 3.05) is 13.6 Å². The Bertz CT molecular complexity index is 336. The van der Waals surface area contributed by atoms with Crippen LogP contribution in [0.2, 0.25) is 4.34 Å². The van der Waals surface area contributed by atoms with E-state index in [2.05, 4.69) is 30.3 Å². The van der Waals surface area contributed by atoms with Crippen LogP contribution in [0.5, 0.6) is 0 Å². The van der Waals surface area contributed by atoms with Crippen LogP contribution < -0.4 is 5.32 Å². The van der Waals surface area contributed by atoms with Crippen molar-refractivity contribution in [1.82, 2.24) is 10.2 Å². The van der Waals surface area contributed by atoms with Gasteiger partial charge >= 0.3 is 0 Å². The van der Waals surface area contributed by atoms with Crippen LogP contribution in [0.15, 0.2) is 12.1 Å². The Morgan fingerprint density at radius 2 is 2.31 bits per heavy atom. The summed E-state index contributed by atoms with van der Waals surface area (Å²) >= 11 is 7.54.